The standard InChI is InChI=1S/C13H26.C2H6/c1-3-4-8-12(2)11-13-9-6-5-7-10-13;1-2/h12-13H,3-11H2,1-2H3;1-2H3/t12-;/m1./s1. The van der Waals surface area contributed by atoms with E-state index >= 15 is 0 Å². The summed E-state index contributed by atoms with van der Waals surface area (Å²) in [6.45, 7) is 8.75. The van der Waals surface area contributed by atoms with E-state index in [0.717, 1.165) is 11.8 Å². The largest absolute Gasteiger partial charge is 0.0683 e. The molecule has 1 aliphatic rings. The van der Waals surface area contributed by atoms with Gasteiger partial charge in [0.1, 0.15) is 0 Å². The minimum Gasteiger partial charge on any atom is -0.0683 e. The highest BCUT2D eigenvalue weighted by Gasteiger charge is 2.15. The summed E-state index contributed by atoms with van der Waals surface area (Å²) in [5, 5.41) is 0. The van der Waals surface area contributed by atoms with Crippen molar-refractivity contribution in [2.45, 2.75) is 85.5 Å². The Kier molecular flexibility index (Phi) is 10.5. The molecule has 0 aromatic heterocycles. The predicted molar refractivity (Wildman–Crippen MR) is 71.2 cm³/mol. The molecule has 0 amide bonds. The molecule has 0 bridgehead atoms. The fourth-order valence-corrected chi connectivity index (χ4v) is 2.66. The number of rotatable bonds is 5. The minimum atomic E-state index is 0.989. The van der Waals surface area contributed by atoms with Gasteiger partial charge in [0.15, 0.2) is 0 Å². The van der Waals surface area contributed by atoms with E-state index in [1.165, 1.54) is 57.8 Å². The van der Waals surface area contributed by atoms with Crippen molar-refractivity contribution < 1.29 is 0 Å². The summed E-state index contributed by atoms with van der Waals surface area (Å²) in [7, 11) is 0. The molecule has 1 atom stereocenters. The molecular formula is C15H32. The lowest BCUT2D eigenvalue weighted by Crippen LogP contribution is -2.10. The molecular weight excluding hydrogens is 180 g/mol. The molecule has 0 N–H and O–H groups in total. The Labute approximate surface area is 97.8 Å². The Morgan fingerprint density at radius 1 is 1.07 bits per heavy atom. The highest BCUT2D eigenvalue weighted by atomic mass is 14.2. The summed E-state index contributed by atoms with van der Waals surface area (Å²) in [6.07, 6.45) is 13.3. The lowest BCUT2D eigenvalue weighted by atomic mass is 9.82. The van der Waals surface area contributed by atoms with E-state index in [2.05, 4.69) is 13.8 Å². The van der Waals surface area contributed by atoms with Gasteiger partial charge in [-0.15, -0.1) is 0 Å². The van der Waals surface area contributed by atoms with Gasteiger partial charge < -0.3 is 0 Å². The van der Waals surface area contributed by atoms with Gasteiger partial charge in [0.25, 0.3) is 0 Å². The second-order valence-corrected chi connectivity index (χ2v) is 4.99. The molecule has 0 radical (unpaired) electrons. The molecule has 1 saturated carbocycles. The van der Waals surface area contributed by atoms with Crippen molar-refractivity contribution >= 4 is 0 Å². The molecule has 1 rings (SSSR count). The molecule has 0 saturated heterocycles. The molecule has 0 heterocycles. The fourth-order valence-electron chi connectivity index (χ4n) is 2.66. The first-order valence-electron chi connectivity index (χ1n) is 7.33. The molecule has 0 aromatic carbocycles. The van der Waals surface area contributed by atoms with Gasteiger partial charge in [-0.2, -0.15) is 0 Å². The van der Waals surface area contributed by atoms with Crippen LogP contribution in [0.1, 0.15) is 85.5 Å². The molecule has 0 nitrogen and oxygen atoms in total. The van der Waals surface area contributed by atoms with Crippen LogP contribution in [0.5, 0.6) is 0 Å². The molecule has 1 fully saturated rings. The van der Waals surface area contributed by atoms with Crippen LogP contribution in [-0.2, 0) is 0 Å². The molecule has 0 heteroatoms. The van der Waals surface area contributed by atoms with Gasteiger partial charge >= 0.3 is 0 Å². The first-order valence-corrected chi connectivity index (χ1v) is 7.33. The van der Waals surface area contributed by atoms with E-state index in [-0.39, 0.29) is 0 Å². The fraction of sp³-hybridized carbons (Fsp3) is 1.00. The second-order valence-electron chi connectivity index (χ2n) is 4.99. The Bertz CT molecular complexity index is 111. The van der Waals surface area contributed by atoms with E-state index in [9.17, 15) is 0 Å². The average molecular weight is 212 g/mol. The first kappa shape index (κ1) is 15.0. The Morgan fingerprint density at radius 3 is 2.20 bits per heavy atom. The summed E-state index contributed by atoms with van der Waals surface area (Å²) in [5.74, 6) is 2.07. The van der Waals surface area contributed by atoms with Crippen LogP contribution in [0.4, 0.5) is 0 Å². The van der Waals surface area contributed by atoms with Gasteiger partial charge in [0.2, 0.25) is 0 Å². The van der Waals surface area contributed by atoms with Crippen LogP contribution >= 0.6 is 0 Å². The average Bonchev–Trinajstić information content (AvgIpc) is 2.30. The summed E-state index contributed by atoms with van der Waals surface area (Å²) in [5.41, 5.74) is 0. The number of hydrogen-bond acceptors (Lipinski definition) is 0. The molecule has 0 aliphatic heterocycles. The summed E-state index contributed by atoms with van der Waals surface area (Å²) in [6, 6.07) is 0. The number of unbranched alkanes of at least 4 members (excludes halogenated alkanes) is 1. The van der Waals surface area contributed by atoms with Gasteiger partial charge in [0, 0.05) is 0 Å². The lowest BCUT2D eigenvalue weighted by molar-refractivity contribution is 0.286. The minimum absolute atomic E-state index is 0.989. The molecule has 1 aliphatic carbocycles. The predicted octanol–water partition coefficient (Wildman–Crippen LogP) is 5.81. The lowest BCUT2D eigenvalue weighted by Gasteiger charge is -2.24. The quantitative estimate of drug-likeness (QED) is 0.539. The molecule has 92 valence electrons. The molecule has 15 heavy (non-hydrogen) atoms. The van der Waals surface area contributed by atoms with Crippen LogP contribution in [-0.4, -0.2) is 0 Å². The van der Waals surface area contributed by atoms with Gasteiger partial charge in [-0.3, -0.25) is 0 Å². The zero-order valence-electron chi connectivity index (χ0n) is 11.5. The Morgan fingerprint density at radius 2 is 1.67 bits per heavy atom. The summed E-state index contributed by atoms with van der Waals surface area (Å²) < 4.78 is 0. The summed E-state index contributed by atoms with van der Waals surface area (Å²) in [4.78, 5) is 0. The maximum absolute atomic E-state index is 2.45. The van der Waals surface area contributed by atoms with Crippen molar-refractivity contribution in [1.29, 1.82) is 0 Å². The monoisotopic (exact) mass is 212 g/mol. The van der Waals surface area contributed by atoms with Gasteiger partial charge in [-0.05, 0) is 18.3 Å². The van der Waals surface area contributed by atoms with Crippen LogP contribution in [0.15, 0.2) is 0 Å². The van der Waals surface area contributed by atoms with Crippen molar-refractivity contribution in [1.82, 2.24) is 0 Å². The third-order valence-corrected chi connectivity index (χ3v) is 3.51. The normalized spacial score (nSPS) is 19.2. The number of hydrogen-bond donors (Lipinski definition) is 0. The zero-order chi connectivity index (χ0) is 11.5. The maximum Gasteiger partial charge on any atom is -0.0412 e. The molecule has 0 aromatic rings. The van der Waals surface area contributed by atoms with E-state index < -0.39 is 0 Å². The second kappa shape index (κ2) is 10.5. The van der Waals surface area contributed by atoms with Crippen molar-refractivity contribution in [3.63, 3.8) is 0 Å². The molecule has 0 unspecified atom stereocenters. The SMILES string of the molecule is CC.CCCC[C@@H](C)CC1CCCCC1. The van der Waals surface area contributed by atoms with E-state index in [0.29, 0.717) is 0 Å². The maximum atomic E-state index is 2.45. The Hall–Kier alpha value is 0. The summed E-state index contributed by atoms with van der Waals surface area (Å²) >= 11 is 0. The van der Waals surface area contributed by atoms with E-state index in [1.807, 2.05) is 13.8 Å². The van der Waals surface area contributed by atoms with E-state index in [4.69, 9.17) is 0 Å². The zero-order valence-corrected chi connectivity index (χ0v) is 11.5. The van der Waals surface area contributed by atoms with Crippen molar-refractivity contribution in [3.8, 4) is 0 Å². The van der Waals surface area contributed by atoms with Crippen LogP contribution in [0, 0.1) is 11.8 Å². The van der Waals surface area contributed by atoms with Crippen LogP contribution in [0.25, 0.3) is 0 Å². The van der Waals surface area contributed by atoms with Gasteiger partial charge in [-0.1, -0.05) is 79.1 Å². The van der Waals surface area contributed by atoms with E-state index in [1.54, 1.807) is 0 Å². The first-order chi connectivity index (χ1) is 7.33. The third kappa shape index (κ3) is 7.88. The van der Waals surface area contributed by atoms with Crippen LogP contribution in [0.3, 0.4) is 0 Å². The van der Waals surface area contributed by atoms with Crippen molar-refractivity contribution in [2.24, 2.45) is 11.8 Å². The van der Waals surface area contributed by atoms with Gasteiger partial charge in [0.05, 0.1) is 0 Å². The van der Waals surface area contributed by atoms with Crippen molar-refractivity contribution in [2.75, 3.05) is 0 Å². The highest BCUT2D eigenvalue weighted by Crippen LogP contribution is 2.30. The van der Waals surface area contributed by atoms with Gasteiger partial charge in [-0.25, -0.2) is 0 Å². The third-order valence-electron chi connectivity index (χ3n) is 3.51. The molecule has 0 spiro atoms. The highest BCUT2D eigenvalue weighted by molar-refractivity contribution is 4.68. The van der Waals surface area contributed by atoms with Crippen LogP contribution in [0.2, 0.25) is 0 Å². The topological polar surface area (TPSA) is 0 Å². The van der Waals surface area contributed by atoms with Crippen molar-refractivity contribution in [3.05, 3.63) is 0 Å². The Balaban J connectivity index is 0.000000921. The smallest absolute Gasteiger partial charge is 0.0412 e. The van der Waals surface area contributed by atoms with Crippen LogP contribution < -0.4 is 0 Å².